The normalized spacial score (nSPS) is 16.0. The Morgan fingerprint density at radius 1 is 1.02 bits per heavy atom. The topological polar surface area (TPSA) is 162 Å². The fraction of sp³-hybridized carbons (Fsp3) is 0.500. The summed E-state index contributed by atoms with van der Waals surface area (Å²) in [7, 11) is 0. The highest BCUT2D eigenvalue weighted by molar-refractivity contribution is 5.98. The molecule has 0 radical (unpaired) electrons. The van der Waals surface area contributed by atoms with Crippen LogP contribution >= 0.6 is 0 Å². The lowest BCUT2D eigenvalue weighted by Crippen LogP contribution is -2.56. The van der Waals surface area contributed by atoms with Crippen molar-refractivity contribution < 1.29 is 33.8 Å². The largest absolute Gasteiger partial charge is 0.481 e. The molecule has 1 saturated carbocycles. The highest BCUT2D eigenvalue weighted by Crippen LogP contribution is 2.29. The second-order valence-electron chi connectivity index (χ2n) is 10.6. The van der Waals surface area contributed by atoms with E-state index in [-0.39, 0.29) is 69.1 Å². The molecule has 43 heavy (non-hydrogen) atoms. The van der Waals surface area contributed by atoms with Gasteiger partial charge in [0, 0.05) is 57.2 Å². The van der Waals surface area contributed by atoms with Gasteiger partial charge in [0.05, 0.1) is 6.61 Å². The number of aromatic nitrogens is 2. The zero-order valence-corrected chi connectivity index (χ0v) is 24.5. The van der Waals surface area contributed by atoms with Crippen molar-refractivity contribution in [3.8, 4) is 11.4 Å². The number of benzene rings is 1. The van der Waals surface area contributed by atoms with Crippen LogP contribution in [0.4, 0.5) is 10.6 Å². The zero-order chi connectivity index (χ0) is 30.9. The van der Waals surface area contributed by atoms with Gasteiger partial charge in [0.2, 0.25) is 11.8 Å². The number of rotatable bonds is 10. The Kier molecular flexibility index (Phi) is 10.6. The lowest BCUT2D eigenvalue weighted by molar-refractivity contribution is -0.138. The standard InChI is InChI=1S/C30H38N6O7/c1-3-43-30(42)35-17-15-34(16-18-35)29(41)23(13-14-26(38)39)32-28(40)24-19-25(36(20(2)37)22-11-7-8-12-22)33-27(31-24)21-9-5-4-6-10-21/h4-6,9-10,19,22-23H,3,7-8,11-18H2,1-2H3,(H,32,40)(H,38,39). The Labute approximate surface area is 250 Å². The van der Waals surface area contributed by atoms with Gasteiger partial charge in [-0.15, -0.1) is 0 Å². The number of aliphatic carboxylic acids is 1. The first-order valence-corrected chi connectivity index (χ1v) is 14.6. The summed E-state index contributed by atoms with van der Waals surface area (Å²) >= 11 is 0. The minimum absolute atomic E-state index is 0.0478. The molecule has 1 saturated heterocycles. The molecule has 230 valence electrons. The number of ether oxygens (including phenoxy) is 1. The summed E-state index contributed by atoms with van der Waals surface area (Å²) in [5, 5.41) is 12.0. The smallest absolute Gasteiger partial charge is 0.409 e. The lowest BCUT2D eigenvalue weighted by Gasteiger charge is -2.36. The third-order valence-electron chi connectivity index (χ3n) is 7.62. The van der Waals surface area contributed by atoms with Crippen LogP contribution in [-0.2, 0) is 19.1 Å². The van der Waals surface area contributed by atoms with Crippen LogP contribution in [0.5, 0.6) is 0 Å². The van der Waals surface area contributed by atoms with E-state index < -0.39 is 29.9 Å². The van der Waals surface area contributed by atoms with Crippen LogP contribution in [0.1, 0.15) is 62.9 Å². The van der Waals surface area contributed by atoms with E-state index in [1.165, 1.54) is 22.8 Å². The van der Waals surface area contributed by atoms with Gasteiger partial charge in [-0.1, -0.05) is 43.2 Å². The van der Waals surface area contributed by atoms with Crippen LogP contribution in [0.2, 0.25) is 0 Å². The molecule has 2 N–H and O–H groups in total. The molecule has 1 aliphatic heterocycles. The Morgan fingerprint density at radius 3 is 2.28 bits per heavy atom. The molecule has 4 rings (SSSR count). The Morgan fingerprint density at radius 2 is 1.67 bits per heavy atom. The number of carbonyl (C=O) groups is 5. The molecule has 1 atom stereocenters. The number of amides is 4. The fourth-order valence-electron chi connectivity index (χ4n) is 5.46. The predicted molar refractivity (Wildman–Crippen MR) is 156 cm³/mol. The van der Waals surface area contributed by atoms with Gasteiger partial charge in [-0.2, -0.15) is 0 Å². The molecule has 0 bridgehead atoms. The first kappa shape index (κ1) is 31.4. The number of anilines is 1. The molecular formula is C30H38N6O7. The number of hydrogen-bond acceptors (Lipinski definition) is 8. The van der Waals surface area contributed by atoms with E-state index in [1.54, 1.807) is 24.0 Å². The molecule has 2 aliphatic rings. The minimum atomic E-state index is -1.14. The molecule has 4 amide bonds. The minimum Gasteiger partial charge on any atom is -0.481 e. The van der Waals surface area contributed by atoms with Gasteiger partial charge < -0.3 is 25.0 Å². The number of nitrogens with zero attached hydrogens (tertiary/aromatic N) is 5. The van der Waals surface area contributed by atoms with Crippen molar-refractivity contribution in [3.05, 3.63) is 42.1 Å². The van der Waals surface area contributed by atoms with Crippen LogP contribution in [-0.4, -0.2) is 99.5 Å². The fourth-order valence-corrected chi connectivity index (χ4v) is 5.46. The molecule has 2 fully saturated rings. The van der Waals surface area contributed by atoms with Gasteiger partial charge in [0.25, 0.3) is 5.91 Å². The van der Waals surface area contributed by atoms with E-state index in [1.807, 2.05) is 18.2 Å². The average molecular weight is 595 g/mol. The van der Waals surface area contributed by atoms with E-state index >= 15 is 0 Å². The third-order valence-corrected chi connectivity index (χ3v) is 7.62. The highest BCUT2D eigenvalue weighted by Gasteiger charge is 2.32. The summed E-state index contributed by atoms with van der Waals surface area (Å²) in [4.78, 5) is 77.1. The summed E-state index contributed by atoms with van der Waals surface area (Å²) in [5.74, 6) is -1.91. The molecule has 1 aliphatic carbocycles. The SMILES string of the molecule is CCOC(=O)N1CCN(C(=O)C(CCC(=O)O)NC(=O)c2cc(N(C(C)=O)C3CCCC3)nc(-c3ccccc3)n2)CC1. The molecule has 1 unspecified atom stereocenters. The maximum absolute atomic E-state index is 13.7. The van der Waals surface area contributed by atoms with Gasteiger partial charge in [0.1, 0.15) is 17.6 Å². The van der Waals surface area contributed by atoms with Crippen molar-refractivity contribution in [2.75, 3.05) is 37.7 Å². The molecule has 13 nitrogen and oxygen atoms in total. The monoisotopic (exact) mass is 594 g/mol. The van der Waals surface area contributed by atoms with Gasteiger partial charge in [-0.05, 0) is 26.2 Å². The van der Waals surface area contributed by atoms with Crippen molar-refractivity contribution in [1.29, 1.82) is 0 Å². The summed E-state index contributed by atoms with van der Waals surface area (Å²) in [6, 6.07) is 9.30. The molecule has 2 heterocycles. The molecule has 1 aromatic carbocycles. The zero-order valence-electron chi connectivity index (χ0n) is 24.5. The van der Waals surface area contributed by atoms with Gasteiger partial charge in [-0.3, -0.25) is 24.1 Å². The summed E-state index contributed by atoms with van der Waals surface area (Å²) in [6.45, 7) is 4.34. The number of nitrogens with one attached hydrogen (secondary N) is 1. The van der Waals surface area contributed by atoms with Gasteiger partial charge in [-0.25, -0.2) is 14.8 Å². The molecule has 1 aromatic heterocycles. The summed E-state index contributed by atoms with van der Waals surface area (Å²) in [5.41, 5.74) is 0.597. The Hall–Kier alpha value is -4.55. The first-order valence-electron chi connectivity index (χ1n) is 14.6. The van der Waals surface area contributed by atoms with Crippen LogP contribution in [0.3, 0.4) is 0 Å². The van der Waals surface area contributed by atoms with E-state index in [9.17, 15) is 29.1 Å². The van der Waals surface area contributed by atoms with E-state index in [4.69, 9.17) is 4.74 Å². The summed E-state index contributed by atoms with van der Waals surface area (Å²) in [6.07, 6.45) is 2.67. The average Bonchev–Trinajstić information content (AvgIpc) is 3.53. The number of piperazine rings is 1. The van der Waals surface area contributed by atoms with Crippen molar-refractivity contribution in [2.24, 2.45) is 0 Å². The number of carboxylic acid groups (broad SMARTS) is 1. The molecular weight excluding hydrogens is 556 g/mol. The lowest BCUT2D eigenvalue weighted by atomic mass is 10.1. The number of hydrogen-bond donors (Lipinski definition) is 2. The molecule has 13 heteroatoms. The molecule has 2 aromatic rings. The van der Waals surface area contributed by atoms with Crippen molar-refractivity contribution in [3.63, 3.8) is 0 Å². The van der Waals surface area contributed by atoms with E-state index in [0.29, 0.717) is 11.4 Å². The second-order valence-corrected chi connectivity index (χ2v) is 10.6. The van der Waals surface area contributed by atoms with E-state index in [0.717, 1.165) is 25.7 Å². The second kappa shape index (κ2) is 14.6. The van der Waals surface area contributed by atoms with Crippen LogP contribution in [0.25, 0.3) is 11.4 Å². The van der Waals surface area contributed by atoms with Gasteiger partial charge >= 0.3 is 12.1 Å². The first-order chi connectivity index (χ1) is 20.7. The van der Waals surface area contributed by atoms with Crippen LogP contribution in [0.15, 0.2) is 36.4 Å². The quantitative estimate of drug-likeness (QED) is 0.421. The number of carboxylic acids is 1. The maximum atomic E-state index is 13.7. The van der Waals surface area contributed by atoms with E-state index in [2.05, 4.69) is 15.3 Å². The van der Waals surface area contributed by atoms with Gasteiger partial charge in [0.15, 0.2) is 5.82 Å². The Balaban J connectivity index is 1.60. The maximum Gasteiger partial charge on any atom is 0.409 e. The highest BCUT2D eigenvalue weighted by atomic mass is 16.6. The predicted octanol–water partition coefficient (Wildman–Crippen LogP) is 2.70. The molecule has 0 spiro atoms. The van der Waals surface area contributed by atoms with Crippen molar-refractivity contribution in [1.82, 2.24) is 25.1 Å². The summed E-state index contributed by atoms with van der Waals surface area (Å²) < 4.78 is 5.03. The number of carbonyl (C=O) groups excluding carboxylic acids is 4. The van der Waals surface area contributed by atoms with Crippen LogP contribution < -0.4 is 10.2 Å². The van der Waals surface area contributed by atoms with Crippen molar-refractivity contribution >= 4 is 35.6 Å². The van der Waals surface area contributed by atoms with Crippen LogP contribution in [0, 0.1) is 0 Å². The Bertz CT molecular complexity index is 1320. The van der Waals surface area contributed by atoms with Crippen molar-refractivity contribution in [2.45, 2.75) is 64.5 Å². The third kappa shape index (κ3) is 8.05.